The number of nitrogens with zero attached hydrogens (tertiary/aromatic N) is 1. The van der Waals surface area contributed by atoms with Crippen molar-refractivity contribution in [3.8, 4) is 0 Å². The first-order valence-corrected chi connectivity index (χ1v) is 20.2. The van der Waals surface area contributed by atoms with Crippen LogP contribution in [0.5, 0.6) is 0 Å². The number of unbranched alkanes of at least 4 members (excludes halogenated alkanes) is 18. The number of quaternary nitrogens is 1. The van der Waals surface area contributed by atoms with Crippen LogP contribution in [-0.2, 0) is 4.74 Å². The Morgan fingerprint density at radius 2 is 0.894 bits per heavy atom. The molecule has 4 heteroatoms. The van der Waals surface area contributed by atoms with Crippen LogP contribution < -0.4 is 5.32 Å². The molecular weight excluding hydrogens is 576 g/mol. The molecule has 4 nitrogen and oxygen atoms in total. The van der Waals surface area contributed by atoms with E-state index >= 15 is 0 Å². The van der Waals surface area contributed by atoms with E-state index in [-0.39, 0.29) is 12.1 Å². The largest absolute Gasteiger partial charge is 0.444 e. The number of nitrogens with one attached hydrogen (secondary N) is 1. The Morgan fingerprint density at radius 3 is 1.28 bits per heavy atom. The van der Waals surface area contributed by atoms with Crippen LogP contribution in [0.4, 0.5) is 4.79 Å². The molecule has 1 amide bonds. The minimum Gasteiger partial charge on any atom is -0.444 e. The van der Waals surface area contributed by atoms with E-state index < -0.39 is 0 Å². The number of amides is 1. The van der Waals surface area contributed by atoms with Crippen molar-refractivity contribution in [3.05, 3.63) is 48.6 Å². The van der Waals surface area contributed by atoms with E-state index in [4.69, 9.17) is 4.74 Å². The number of rotatable bonds is 34. The highest BCUT2D eigenvalue weighted by atomic mass is 16.5. The summed E-state index contributed by atoms with van der Waals surface area (Å²) in [4.78, 5) is 12.5. The van der Waals surface area contributed by atoms with Crippen LogP contribution in [0.2, 0.25) is 0 Å². The van der Waals surface area contributed by atoms with Crippen LogP contribution in [0.25, 0.3) is 0 Å². The molecule has 0 aromatic heterocycles. The highest BCUT2D eigenvalue weighted by Crippen LogP contribution is 2.16. The highest BCUT2D eigenvalue weighted by Gasteiger charge is 2.14. The highest BCUT2D eigenvalue weighted by molar-refractivity contribution is 5.67. The smallest absolute Gasteiger partial charge is 0.407 e. The van der Waals surface area contributed by atoms with Crippen molar-refractivity contribution >= 4 is 6.09 Å². The maximum Gasteiger partial charge on any atom is 0.407 e. The maximum absolute atomic E-state index is 12.5. The molecule has 1 N–H and O–H groups in total. The zero-order valence-corrected chi connectivity index (χ0v) is 32.3. The van der Waals surface area contributed by atoms with Gasteiger partial charge < -0.3 is 14.5 Å². The molecule has 0 aliphatic heterocycles. The monoisotopic (exact) mass is 658 g/mol. The predicted octanol–water partition coefficient (Wildman–Crippen LogP) is 13.2. The van der Waals surface area contributed by atoms with Crippen LogP contribution in [0.1, 0.15) is 181 Å². The van der Waals surface area contributed by atoms with E-state index in [9.17, 15) is 4.79 Å². The van der Waals surface area contributed by atoms with Crippen LogP contribution >= 0.6 is 0 Å². The van der Waals surface area contributed by atoms with Gasteiger partial charge in [0.25, 0.3) is 0 Å². The lowest BCUT2D eigenvalue weighted by molar-refractivity contribution is -0.870. The Hall–Kier alpha value is -1.81. The minimum absolute atomic E-state index is 0.233. The third kappa shape index (κ3) is 38.5. The SMILES string of the molecule is CCCCCC=CCC=CCCCCCCCCC(CCCCCCCCC=CCC=CCCCCC)NC(=O)OCC[N+](C)(C)C. The van der Waals surface area contributed by atoms with Gasteiger partial charge in [0.05, 0.1) is 21.1 Å². The van der Waals surface area contributed by atoms with Crippen LogP contribution in [0, 0.1) is 0 Å². The average Bonchev–Trinajstić information content (AvgIpc) is 3.03. The molecule has 47 heavy (non-hydrogen) atoms. The summed E-state index contributed by atoms with van der Waals surface area (Å²) in [6, 6.07) is 0.239. The first-order valence-electron chi connectivity index (χ1n) is 20.2. The van der Waals surface area contributed by atoms with Crippen LogP contribution in [0.15, 0.2) is 48.6 Å². The molecule has 0 saturated carbocycles. The minimum atomic E-state index is -0.233. The van der Waals surface area contributed by atoms with Crippen molar-refractivity contribution in [3.63, 3.8) is 0 Å². The van der Waals surface area contributed by atoms with Gasteiger partial charge in [0.2, 0.25) is 0 Å². The number of carbonyl (C=O) groups is 1. The number of allylic oxidation sites excluding steroid dienone is 8. The molecule has 0 atom stereocenters. The molecule has 0 rings (SSSR count). The summed E-state index contributed by atoms with van der Waals surface area (Å²) in [5, 5.41) is 3.21. The van der Waals surface area contributed by atoms with Gasteiger partial charge in [0.15, 0.2) is 0 Å². The van der Waals surface area contributed by atoms with E-state index in [2.05, 4.69) is 88.9 Å². The summed E-state index contributed by atoms with van der Waals surface area (Å²) < 4.78 is 6.33. The third-order valence-corrected chi connectivity index (χ3v) is 8.82. The fourth-order valence-electron chi connectivity index (χ4n) is 5.67. The topological polar surface area (TPSA) is 38.3 Å². The van der Waals surface area contributed by atoms with Gasteiger partial charge in [0.1, 0.15) is 13.2 Å². The molecule has 0 saturated heterocycles. The molecule has 0 bridgehead atoms. The third-order valence-electron chi connectivity index (χ3n) is 8.82. The first kappa shape index (κ1) is 45.2. The van der Waals surface area contributed by atoms with Gasteiger partial charge in [-0.1, -0.05) is 152 Å². The molecule has 0 spiro atoms. The second kappa shape index (κ2) is 35.5. The lowest BCUT2D eigenvalue weighted by atomic mass is 10.00. The Bertz CT molecular complexity index is 729. The number of ether oxygens (including phenoxy) is 1. The second-order valence-electron chi connectivity index (χ2n) is 14.7. The molecule has 0 aliphatic rings. The molecular formula is C43H81N2O2+. The first-order chi connectivity index (χ1) is 22.9. The molecule has 274 valence electrons. The van der Waals surface area contributed by atoms with Gasteiger partial charge in [-0.15, -0.1) is 0 Å². The van der Waals surface area contributed by atoms with Crippen molar-refractivity contribution < 1.29 is 14.0 Å². The van der Waals surface area contributed by atoms with Gasteiger partial charge in [-0.2, -0.15) is 0 Å². The summed E-state index contributed by atoms with van der Waals surface area (Å²) in [6.07, 6.45) is 51.0. The van der Waals surface area contributed by atoms with Gasteiger partial charge in [0, 0.05) is 6.04 Å². The molecule has 0 unspecified atom stereocenters. The van der Waals surface area contributed by atoms with E-state index in [1.807, 2.05) is 0 Å². The van der Waals surface area contributed by atoms with Crippen molar-refractivity contribution in [1.29, 1.82) is 0 Å². The van der Waals surface area contributed by atoms with Crippen LogP contribution in [-0.4, -0.2) is 50.9 Å². The van der Waals surface area contributed by atoms with Gasteiger partial charge in [-0.3, -0.25) is 0 Å². The standard InChI is InChI=1S/C43H80N2O2/c1-6-8-10-12-14-16-18-20-22-24-26-28-30-32-34-36-38-42(44-43(46)47-41-40-45(3,4)5)39-37-35-33-31-29-27-25-23-21-19-17-15-13-11-9-7-2/h14-17,20-23,42H,6-13,18-19,24-41H2,1-5H3/p+1. The fourth-order valence-corrected chi connectivity index (χ4v) is 5.67. The molecule has 0 fully saturated rings. The van der Waals surface area contributed by atoms with Gasteiger partial charge in [-0.05, 0) is 77.0 Å². The molecule has 0 aromatic carbocycles. The quantitative estimate of drug-likeness (QED) is 0.0425. The Labute approximate surface area is 294 Å². The number of hydrogen-bond acceptors (Lipinski definition) is 2. The van der Waals surface area contributed by atoms with Crippen molar-refractivity contribution in [2.45, 2.75) is 187 Å². The number of hydrogen-bond donors (Lipinski definition) is 1. The lowest BCUT2D eigenvalue weighted by Crippen LogP contribution is -2.40. The van der Waals surface area contributed by atoms with Gasteiger partial charge >= 0.3 is 6.09 Å². The summed E-state index contributed by atoms with van der Waals surface area (Å²) in [6.45, 7) is 5.82. The molecule has 0 aliphatic carbocycles. The van der Waals surface area contributed by atoms with Crippen molar-refractivity contribution in [2.75, 3.05) is 34.3 Å². The zero-order valence-electron chi connectivity index (χ0n) is 32.3. The summed E-state index contributed by atoms with van der Waals surface area (Å²) in [5.74, 6) is 0. The number of carbonyl (C=O) groups excluding carboxylic acids is 1. The summed E-state index contributed by atoms with van der Waals surface area (Å²) >= 11 is 0. The summed E-state index contributed by atoms with van der Waals surface area (Å²) in [7, 11) is 6.38. The maximum atomic E-state index is 12.5. The average molecular weight is 658 g/mol. The Balaban J connectivity index is 4.09. The van der Waals surface area contributed by atoms with E-state index in [1.165, 1.54) is 141 Å². The van der Waals surface area contributed by atoms with Crippen molar-refractivity contribution in [2.24, 2.45) is 0 Å². The van der Waals surface area contributed by atoms with E-state index in [1.54, 1.807) is 0 Å². The zero-order chi connectivity index (χ0) is 34.5. The lowest BCUT2D eigenvalue weighted by Gasteiger charge is -2.24. The van der Waals surface area contributed by atoms with Crippen LogP contribution in [0.3, 0.4) is 0 Å². The van der Waals surface area contributed by atoms with Gasteiger partial charge in [-0.25, -0.2) is 4.79 Å². The normalized spacial score (nSPS) is 13.1. The Kier molecular flexibility index (Phi) is 34.1. The number of alkyl carbamates (subject to hydrolysis) is 1. The molecule has 0 heterocycles. The molecule has 0 aromatic rings. The fraction of sp³-hybridized carbons (Fsp3) is 0.791. The van der Waals surface area contributed by atoms with E-state index in [0.717, 1.165) is 36.7 Å². The predicted molar refractivity (Wildman–Crippen MR) is 209 cm³/mol. The molecule has 0 radical (unpaired) electrons. The van der Waals surface area contributed by atoms with Crippen molar-refractivity contribution in [1.82, 2.24) is 5.32 Å². The summed E-state index contributed by atoms with van der Waals surface area (Å²) in [5.41, 5.74) is 0. The Morgan fingerprint density at radius 1 is 0.532 bits per heavy atom. The van der Waals surface area contributed by atoms with E-state index in [0.29, 0.717) is 6.61 Å². The second-order valence-corrected chi connectivity index (χ2v) is 14.7. The number of likely N-dealkylation sites (N-methyl/N-ethyl adjacent to an activating group) is 1.